The third kappa shape index (κ3) is 57.6. The van der Waals surface area contributed by atoms with Gasteiger partial charge >= 0.3 is 17.9 Å². The van der Waals surface area contributed by atoms with Gasteiger partial charge in [0.15, 0.2) is 6.10 Å². The van der Waals surface area contributed by atoms with Crippen molar-refractivity contribution in [2.45, 2.75) is 334 Å². The molecule has 0 aliphatic carbocycles. The van der Waals surface area contributed by atoms with E-state index in [0.29, 0.717) is 23.9 Å². The third-order valence-corrected chi connectivity index (χ3v) is 14.5. The molecule has 0 aliphatic heterocycles. The van der Waals surface area contributed by atoms with Gasteiger partial charge in [0.2, 0.25) is 0 Å². The summed E-state index contributed by atoms with van der Waals surface area (Å²) >= 11 is 0. The number of carbonyl (C=O) groups excluding carboxylic acids is 2. The van der Waals surface area contributed by atoms with Crippen LogP contribution in [0.4, 0.5) is 0 Å². The molecule has 0 saturated heterocycles. The summed E-state index contributed by atoms with van der Waals surface area (Å²) in [5.41, 5.74) is 0. The summed E-state index contributed by atoms with van der Waals surface area (Å²) in [6.07, 6.45) is 63.7. The highest BCUT2D eigenvalue weighted by Crippen LogP contribution is 2.19. The summed E-state index contributed by atoms with van der Waals surface area (Å²) in [4.78, 5) is 37.2. The number of unbranched alkanes of at least 4 members (excludes halogenated alkanes) is 43. The zero-order valence-electron chi connectivity index (χ0n) is 49.3. The van der Waals surface area contributed by atoms with Crippen LogP contribution in [0.5, 0.6) is 0 Å². The number of quaternary nitrogens is 1. The zero-order valence-corrected chi connectivity index (χ0v) is 49.3. The van der Waals surface area contributed by atoms with Crippen molar-refractivity contribution >= 4 is 17.9 Å². The van der Waals surface area contributed by atoms with Gasteiger partial charge in [-0.05, 0) is 32.1 Å². The lowest BCUT2D eigenvalue weighted by Crippen LogP contribution is -2.40. The maximum absolute atomic E-state index is 12.8. The van der Waals surface area contributed by atoms with E-state index in [2.05, 4.69) is 26.0 Å². The van der Waals surface area contributed by atoms with Crippen LogP contribution in [0.25, 0.3) is 0 Å². The molecule has 0 aliphatic rings. The number of allylic oxidation sites excluding steroid dienone is 2. The fourth-order valence-electron chi connectivity index (χ4n) is 9.61. The highest BCUT2D eigenvalue weighted by molar-refractivity contribution is 5.71. The summed E-state index contributed by atoms with van der Waals surface area (Å²) in [5, 5.41) is 9.66. The van der Waals surface area contributed by atoms with Crippen LogP contribution in [0.1, 0.15) is 322 Å². The number of rotatable bonds is 60. The fraction of sp³-hybridized carbons (Fsp3) is 0.922. The number of ether oxygens (including phenoxy) is 4. The Bertz CT molecular complexity index is 1200. The number of hydrogen-bond donors (Lipinski definition) is 1. The zero-order chi connectivity index (χ0) is 53.4. The molecule has 73 heavy (non-hydrogen) atoms. The van der Waals surface area contributed by atoms with E-state index in [1.807, 2.05) is 21.1 Å². The molecule has 9 heteroatoms. The van der Waals surface area contributed by atoms with E-state index in [4.69, 9.17) is 18.9 Å². The summed E-state index contributed by atoms with van der Waals surface area (Å²) in [6, 6.07) is 0. The molecule has 0 spiro atoms. The van der Waals surface area contributed by atoms with E-state index >= 15 is 0 Å². The van der Waals surface area contributed by atoms with Gasteiger partial charge < -0.3 is 28.5 Å². The van der Waals surface area contributed by atoms with Crippen molar-refractivity contribution in [2.24, 2.45) is 0 Å². The van der Waals surface area contributed by atoms with Gasteiger partial charge in [-0.3, -0.25) is 9.59 Å². The minimum atomic E-state index is -1.51. The molecule has 0 saturated carbocycles. The van der Waals surface area contributed by atoms with Crippen molar-refractivity contribution in [3.63, 3.8) is 0 Å². The maximum Gasteiger partial charge on any atom is 0.361 e. The summed E-state index contributed by atoms with van der Waals surface area (Å²) in [6.45, 7) is 4.85. The number of esters is 2. The van der Waals surface area contributed by atoms with Gasteiger partial charge in [-0.1, -0.05) is 289 Å². The number of carbonyl (C=O) groups is 3. The first-order valence-electron chi connectivity index (χ1n) is 31.9. The first-order chi connectivity index (χ1) is 35.6. The topological polar surface area (TPSA) is 108 Å². The van der Waals surface area contributed by atoms with Gasteiger partial charge in [0.25, 0.3) is 6.29 Å². The number of hydrogen-bond acceptors (Lipinski definition) is 7. The predicted molar refractivity (Wildman–Crippen MR) is 309 cm³/mol. The Balaban J connectivity index is 3.82. The fourth-order valence-corrected chi connectivity index (χ4v) is 9.61. The van der Waals surface area contributed by atoms with E-state index in [9.17, 15) is 19.5 Å². The van der Waals surface area contributed by atoms with Crippen LogP contribution in [-0.2, 0) is 33.3 Å². The second-order valence-corrected chi connectivity index (χ2v) is 23.1. The van der Waals surface area contributed by atoms with Crippen LogP contribution in [0.2, 0.25) is 0 Å². The number of nitrogens with zero attached hydrogens (tertiary/aromatic N) is 1. The Morgan fingerprint density at radius 1 is 0.397 bits per heavy atom. The SMILES string of the molecule is CCC/C=C\CCCCCCCC(=O)OC(COC(=O)CCCCCCCCCCCCCCCCCCCCCCCCCCCCCCCCCCCCCCCC)COC(OCC[N+](C)(C)C)C(=O)O. The molecule has 0 radical (unpaired) electrons. The van der Waals surface area contributed by atoms with Crippen LogP contribution < -0.4 is 0 Å². The Morgan fingerprint density at radius 2 is 0.726 bits per heavy atom. The molecule has 0 bridgehead atoms. The lowest BCUT2D eigenvalue weighted by Gasteiger charge is -2.25. The molecule has 0 amide bonds. The van der Waals surface area contributed by atoms with E-state index < -0.39 is 24.3 Å². The Kier molecular flexibility index (Phi) is 54.7. The Hall–Kier alpha value is -1.97. The Labute approximate surface area is 453 Å². The normalized spacial score (nSPS) is 12.7. The molecule has 2 atom stereocenters. The maximum atomic E-state index is 12.8. The van der Waals surface area contributed by atoms with Crippen molar-refractivity contribution in [3.8, 4) is 0 Å². The minimum absolute atomic E-state index is 0.179. The molecular weight excluding hydrogens is 911 g/mol. The first-order valence-corrected chi connectivity index (χ1v) is 31.9. The van der Waals surface area contributed by atoms with Crippen LogP contribution in [-0.4, -0.2) is 87.4 Å². The standard InChI is InChI=1S/C64H123NO8/c1-6-8-10-12-14-16-18-19-20-21-22-23-24-25-26-27-28-29-30-31-32-33-34-35-36-37-38-39-40-41-42-43-44-45-47-48-50-52-54-61(66)71-58-60(59-72-64(63(68)69)70-57-56-65(3,4)5)73-62(67)55-53-51-49-46-17-15-13-11-9-7-2/h11,13,60,64H,6-10,12,14-59H2,1-5H3/p+1/b13-11-. The van der Waals surface area contributed by atoms with Crippen molar-refractivity contribution in [3.05, 3.63) is 12.2 Å². The van der Waals surface area contributed by atoms with Crippen LogP contribution in [0.3, 0.4) is 0 Å². The highest BCUT2D eigenvalue weighted by Gasteiger charge is 2.25. The second kappa shape index (κ2) is 56.2. The van der Waals surface area contributed by atoms with E-state index in [1.165, 1.54) is 231 Å². The van der Waals surface area contributed by atoms with E-state index in [0.717, 1.165) is 57.8 Å². The van der Waals surface area contributed by atoms with Crippen molar-refractivity contribution in [2.75, 3.05) is 47.5 Å². The largest absolute Gasteiger partial charge is 0.477 e. The smallest absolute Gasteiger partial charge is 0.361 e. The molecular formula is C64H124NO8+. The molecule has 2 unspecified atom stereocenters. The van der Waals surface area contributed by atoms with Gasteiger partial charge in [0.05, 0.1) is 34.4 Å². The molecule has 0 aromatic carbocycles. The van der Waals surface area contributed by atoms with E-state index in [1.54, 1.807) is 0 Å². The quantitative estimate of drug-likeness (QED) is 0.0211. The number of likely N-dealkylation sites (N-methyl/N-ethyl adjacent to an activating group) is 1. The summed E-state index contributed by atoms with van der Waals surface area (Å²) in [5.74, 6) is -2.00. The molecule has 0 heterocycles. The highest BCUT2D eigenvalue weighted by atomic mass is 16.7. The summed E-state index contributed by atoms with van der Waals surface area (Å²) in [7, 11) is 5.97. The monoisotopic (exact) mass is 1030 g/mol. The van der Waals surface area contributed by atoms with Crippen molar-refractivity contribution in [1.82, 2.24) is 0 Å². The van der Waals surface area contributed by atoms with Gasteiger partial charge in [-0.15, -0.1) is 0 Å². The second-order valence-electron chi connectivity index (χ2n) is 23.1. The molecule has 9 nitrogen and oxygen atoms in total. The molecule has 0 rings (SSSR count). The number of carboxylic acid groups (broad SMARTS) is 1. The molecule has 0 aromatic heterocycles. The van der Waals surface area contributed by atoms with Gasteiger partial charge in [0.1, 0.15) is 13.2 Å². The summed E-state index contributed by atoms with van der Waals surface area (Å²) < 4.78 is 22.8. The van der Waals surface area contributed by atoms with Gasteiger partial charge in [-0.2, -0.15) is 0 Å². The average Bonchev–Trinajstić information content (AvgIpc) is 3.36. The molecule has 0 aromatic rings. The molecule has 0 fully saturated rings. The van der Waals surface area contributed by atoms with Gasteiger partial charge in [-0.25, -0.2) is 4.79 Å². The van der Waals surface area contributed by atoms with E-state index in [-0.39, 0.29) is 32.2 Å². The van der Waals surface area contributed by atoms with Crippen molar-refractivity contribution in [1.29, 1.82) is 0 Å². The van der Waals surface area contributed by atoms with Crippen LogP contribution >= 0.6 is 0 Å². The third-order valence-electron chi connectivity index (χ3n) is 14.5. The number of aliphatic carboxylic acids is 1. The van der Waals surface area contributed by atoms with Gasteiger partial charge in [0, 0.05) is 12.8 Å². The minimum Gasteiger partial charge on any atom is -0.477 e. The predicted octanol–water partition coefficient (Wildman–Crippen LogP) is 18.9. The average molecular weight is 1040 g/mol. The lowest BCUT2D eigenvalue weighted by molar-refractivity contribution is -0.870. The number of carboxylic acids is 1. The molecule has 432 valence electrons. The first kappa shape index (κ1) is 71.0. The lowest BCUT2D eigenvalue weighted by atomic mass is 10.0. The van der Waals surface area contributed by atoms with Crippen LogP contribution in [0.15, 0.2) is 12.2 Å². The van der Waals surface area contributed by atoms with Crippen molar-refractivity contribution < 1.29 is 42.9 Å². The molecule has 1 N–H and O–H groups in total. The van der Waals surface area contributed by atoms with Crippen LogP contribution in [0, 0.1) is 0 Å². The Morgan fingerprint density at radius 3 is 1.07 bits per heavy atom.